The van der Waals surface area contributed by atoms with Crippen LogP contribution in [0.4, 0.5) is 0 Å². The Morgan fingerprint density at radius 1 is 1.13 bits per heavy atom. The SMILES string of the molecule is COCCNC(=O)[C@H](C)OC(=O)[C@H](C)NC(=O)c1ccccc1. The monoisotopic (exact) mass is 322 g/mol. The van der Waals surface area contributed by atoms with E-state index < -0.39 is 24.0 Å². The molecule has 2 N–H and O–H groups in total. The minimum atomic E-state index is -0.949. The van der Waals surface area contributed by atoms with Crippen LogP contribution in [0.1, 0.15) is 24.2 Å². The van der Waals surface area contributed by atoms with Gasteiger partial charge >= 0.3 is 5.97 Å². The quantitative estimate of drug-likeness (QED) is 0.537. The standard InChI is InChI=1S/C16H22N2O5/c1-11(18-15(20)13-7-5-4-6-8-13)16(21)23-12(2)14(19)17-9-10-22-3/h4-8,11-12H,9-10H2,1-3H3,(H,17,19)(H,18,20)/t11-,12-/m0/s1. The van der Waals surface area contributed by atoms with Gasteiger partial charge in [-0.15, -0.1) is 0 Å². The van der Waals surface area contributed by atoms with Crippen LogP contribution in [0.25, 0.3) is 0 Å². The highest BCUT2D eigenvalue weighted by atomic mass is 16.5. The van der Waals surface area contributed by atoms with Crippen LogP contribution < -0.4 is 10.6 Å². The van der Waals surface area contributed by atoms with Crippen LogP contribution in [-0.2, 0) is 19.1 Å². The Labute approximate surface area is 135 Å². The van der Waals surface area contributed by atoms with E-state index in [9.17, 15) is 14.4 Å². The van der Waals surface area contributed by atoms with E-state index in [4.69, 9.17) is 9.47 Å². The van der Waals surface area contributed by atoms with Crippen molar-refractivity contribution in [3.05, 3.63) is 35.9 Å². The number of hydrogen-bond donors (Lipinski definition) is 2. The van der Waals surface area contributed by atoms with Gasteiger partial charge < -0.3 is 20.1 Å². The number of carbonyl (C=O) groups excluding carboxylic acids is 3. The van der Waals surface area contributed by atoms with Crippen LogP contribution in [0.2, 0.25) is 0 Å². The van der Waals surface area contributed by atoms with Crippen molar-refractivity contribution in [2.75, 3.05) is 20.3 Å². The molecule has 126 valence electrons. The molecular weight excluding hydrogens is 300 g/mol. The van der Waals surface area contributed by atoms with Gasteiger partial charge in [0.25, 0.3) is 11.8 Å². The second kappa shape index (κ2) is 9.58. The van der Waals surface area contributed by atoms with E-state index in [1.165, 1.54) is 21.0 Å². The third-order valence-corrected chi connectivity index (χ3v) is 3.00. The van der Waals surface area contributed by atoms with Crippen LogP contribution in [0, 0.1) is 0 Å². The van der Waals surface area contributed by atoms with Crippen LogP contribution in [-0.4, -0.2) is 50.2 Å². The van der Waals surface area contributed by atoms with Crippen molar-refractivity contribution in [3.63, 3.8) is 0 Å². The molecule has 1 aromatic carbocycles. The summed E-state index contributed by atoms with van der Waals surface area (Å²) in [5.74, 6) is -1.48. The first-order valence-corrected chi connectivity index (χ1v) is 7.28. The van der Waals surface area contributed by atoms with Gasteiger partial charge in [0, 0.05) is 19.2 Å². The predicted molar refractivity (Wildman–Crippen MR) is 83.8 cm³/mol. The van der Waals surface area contributed by atoms with E-state index in [-0.39, 0.29) is 5.91 Å². The molecule has 0 heterocycles. The lowest BCUT2D eigenvalue weighted by molar-refractivity contribution is -0.156. The van der Waals surface area contributed by atoms with Crippen LogP contribution in [0.3, 0.4) is 0 Å². The van der Waals surface area contributed by atoms with Crippen molar-refractivity contribution < 1.29 is 23.9 Å². The first kappa shape index (κ1) is 18.6. The van der Waals surface area contributed by atoms with Crippen molar-refractivity contribution in [1.82, 2.24) is 10.6 Å². The zero-order valence-corrected chi connectivity index (χ0v) is 13.5. The molecule has 1 rings (SSSR count). The summed E-state index contributed by atoms with van der Waals surface area (Å²) in [6, 6.07) is 7.66. The maximum atomic E-state index is 11.9. The molecule has 0 aliphatic carbocycles. The summed E-state index contributed by atoms with van der Waals surface area (Å²) in [5.41, 5.74) is 0.442. The number of carbonyl (C=O) groups is 3. The fraction of sp³-hybridized carbons (Fsp3) is 0.438. The number of nitrogens with one attached hydrogen (secondary N) is 2. The van der Waals surface area contributed by atoms with Gasteiger partial charge in [-0.2, -0.15) is 0 Å². The molecule has 0 fully saturated rings. The summed E-state index contributed by atoms with van der Waals surface area (Å²) in [7, 11) is 1.52. The van der Waals surface area contributed by atoms with Gasteiger partial charge in [0.05, 0.1) is 6.61 Å². The number of benzene rings is 1. The number of methoxy groups -OCH3 is 1. The molecule has 0 spiro atoms. The molecule has 0 bridgehead atoms. The lowest BCUT2D eigenvalue weighted by atomic mass is 10.2. The summed E-state index contributed by atoms with van der Waals surface area (Å²) in [5, 5.41) is 5.09. The Bertz CT molecular complexity index is 533. The summed E-state index contributed by atoms with van der Waals surface area (Å²) in [6.45, 7) is 3.66. The first-order valence-electron chi connectivity index (χ1n) is 7.28. The van der Waals surface area contributed by atoms with Crippen molar-refractivity contribution in [1.29, 1.82) is 0 Å². The molecular formula is C16H22N2O5. The third-order valence-electron chi connectivity index (χ3n) is 3.00. The first-order chi connectivity index (χ1) is 11.0. The zero-order chi connectivity index (χ0) is 17.2. The maximum absolute atomic E-state index is 11.9. The van der Waals surface area contributed by atoms with Gasteiger partial charge in [-0.3, -0.25) is 9.59 Å². The van der Waals surface area contributed by atoms with Gasteiger partial charge in [-0.25, -0.2) is 4.79 Å². The fourth-order valence-electron chi connectivity index (χ4n) is 1.68. The Hall–Kier alpha value is -2.41. The minimum Gasteiger partial charge on any atom is -0.451 e. The highest BCUT2D eigenvalue weighted by Crippen LogP contribution is 2.01. The predicted octanol–water partition coefficient (Wildman–Crippen LogP) is 0.499. The Morgan fingerprint density at radius 3 is 2.39 bits per heavy atom. The lowest BCUT2D eigenvalue weighted by Crippen LogP contribution is -2.43. The molecule has 7 heteroatoms. The molecule has 1 aromatic rings. The second-order valence-electron chi connectivity index (χ2n) is 4.92. The average Bonchev–Trinajstić information content (AvgIpc) is 2.55. The van der Waals surface area contributed by atoms with Crippen molar-refractivity contribution in [2.24, 2.45) is 0 Å². The fourth-order valence-corrected chi connectivity index (χ4v) is 1.68. The molecule has 0 aliphatic rings. The van der Waals surface area contributed by atoms with Crippen LogP contribution in [0.15, 0.2) is 30.3 Å². The molecule has 0 unspecified atom stereocenters. The normalized spacial score (nSPS) is 12.8. The van der Waals surface area contributed by atoms with E-state index in [2.05, 4.69) is 10.6 Å². The molecule has 0 aliphatic heterocycles. The Kier molecular flexibility index (Phi) is 7.76. The molecule has 2 atom stereocenters. The van der Waals surface area contributed by atoms with Gasteiger partial charge in [0.15, 0.2) is 6.10 Å². The van der Waals surface area contributed by atoms with E-state index >= 15 is 0 Å². The molecule has 0 saturated carbocycles. The summed E-state index contributed by atoms with van der Waals surface area (Å²) < 4.78 is 9.84. The highest BCUT2D eigenvalue weighted by Gasteiger charge is 2.23. The average molecular weight is 322 g/mol. The number of esters is 1. The third kappa shape index (κ3) is 6.48. The summed E-state index contributed by atoms with van der Waals surface area (Å²) >= 11 is 0. The van der Waals surface area contributed by atoms with Gasteiger partial charge in [-0.05, 0) is 26.0 Å². The maximum Gasteiger partial charge on any atom is 0.329 e. The zero-order valence-electron chi connectivity index (χ0n) is 13.5. The lowest BCUT2D eigenvalue weighted by Gasteiger charge is -2.17. The van der Waals surface area contributed by atoms with Crippen LogP contribution in [0.5, 0.6) is 0 Å². The molecule has 0 aromatic heterocycles. The van der Waals surface area contributed by atoms with Gasteiger partial charge in [0.2, 0.25) is 0 Å². The van der Waals surface area contributed by atoms with E-state index in [0.717, 1.165) is 0 Å². The summed E-state index contributed by atoms with van der Waals surface area (Å²) in [4.78, 5) is 35.5. The largest absolute Gasteiger partial charge is 0.451 e. The van der Waals surface area contributed by atoms with E-state index in [1.807, 2.05) is 0 Å². The van der Waals surface area contributed by atoms with Gasteiger partial charge in [-0.1, -0.05) is 18.2 Å². The smallest absolute Gasteiger partial charge is 0.329 e. The van der Waals surface area contributed by atoms with Crippen molar-refractivity contribution >= 4 is 17.8 Å². The van der Waals surface area contributed by atoms with Crippen molar-refractivity contribution in [3.8, 4) is 0 Å². The topological polar surface area (TPSA) is 93.7 Å². The molecule has 2 amide bonds. The highest BCUT2D eigenvalue weighted by molar-refractivity contribution is 5.96. The minimum absolute atomic E-state index is 0.331. The van der Waals surface area contributed by atoms with Gasteiger partial charge in [0.1, 0.15) is 6.04 Å². The number of ether oxygens (including phenoxy) is 2. The molecule has 23 heavy (non-hydrogen) atoms. The molecule has 0 radical (unpaired) electrons. The van der Waals surface area contributed by atoms with E-state index in [0.29, 0.717) is 18.7 Å². The number of amides is 2. The van der Waals surface area contributed by atoms with Crippen molar-refractivity contribution in [2.45, 2.75) is 26.0 Å². The number of hydrogen-bond acceptors (Lipinski definition) is 5. The Morgan fingerprint density at radius 2 is 1.78 bits per heavy atom. The van der Waals surface area contributed by atoms with Crippen LogP contribution >= 0.6 is 0 Å². The summed E-state index contributed by atoms with van der Waals surface area (Å²) in [6.07, 6.45) is -0.949. The second-order valence-corrected chi connectivity index (χ2v) is 4.92. The molecule has 7 nitrogen and oxygen atoms in total. The molecule has 0 saturated heterocycles. The van der Waals surface area contributed by atoms with E-state index in [1.54, 1.807) is 30.3 Å². The number of rotatable bonds is 8. The Balaban J connectivity index is 2.44.